The molecule has 0 saturated heterocycles. The van der Waals surface area contributed by atoms with Crippen LogP contribution in [0, 0.1) is 5.92 Å². The molecule has 19 heteroatoms. The summed E-state index contributed by atoms with van der Waals surface area (Å²) in [6.45, 7) is 7.07. The zero-order chi connectivity index (χ0) is 62.0. The van der Waals surface area contributed by atoms with Crippen LogP contribution in [0.2, 0.25) is 0 Å². The maximum Gasteiger partial charge on any atom is 0.472 e. The molecule has 5 atom stereocenters. The lowest BCUT2D eigenvalue weighted by molar-refractivity contribution is -0.161. The Labute approximate surface area is 511 Å². The van der Waals surface area contributed by atoms with Crippen molar-refractivity contribution < 1.29 is 80.2 Å². The van der Waals surface area contributed by atoms with E-state index in [9.17, 15) is 43.2 Å². The van der Waals surface area contributed by atoms with Crippen molar-refractivity contribution in [3.05, 3.63) is 0 Å². The Hall–Kier alpha value is -1.94. The fourth-order valence-electron chi connectivity index (χ4n) is 9.76. The van der Waals surface area contributed by atoms with Gasteiger partial charge in [0.25, 0.3) is 0 Å². The Morgan fingerprint density at radius 2 is 0.548 bits per heavy atom. The Bertz CT molecular complexity index is 1640. The van der Waals surface area contributed by atoms with Gasteiger partial charge < -0.3 is 33.8 Å². The third-order valence-electron chi connectivity index (χ3n) is 15.0. The molecule has 0 spiro atoms. The van der Waals surface area contributed by atoms with E-state index in [1.54, 1.807) is 0 Å². The molecule has 0 fully saturated rings. The van der Waals surface area contributed by atoms with E-state index < -0.39 is 97.5 Å². The number of phosphoric ester groups is 2. The summed E-state index contributed by atoms with van der Waals surface area (Å²) >= 11 is 0. The third-order valence-corrected chi connectivity index (χ3v) is 16.9. The van der Waals surface area contributed by atoms with E-state index in [1.165, 1.54) is 135 Å². The molecule has 0 aliphatic carbocycles. The average Bonchev–Trinajstić information content (AvgIpc) is 3.54. The van der Waals surface area contributed by atoms with E-state index in [0.29, 0.717) is 25.7 Å². The van der Waals surface area contributed by atoms with Crippen LogP contribution in [0.1, 0.15) is 330 Å². The van der Waals surface area contributed by atoms with Crippen molar-refractivity contribution in [2.45, 2.75) is 348 Å². The highest BCUT2D eigenvalue weighted by atomic mass is 31.2. The molecule has 0 heterocycles. The van der Waals surface area contributed by atoms with Crippen LogP contribution in [0.15, 0.2) is 0 Å². The van der Waals surface area contributed by atoms with Gasteiger partial charge in [0, 0.05) is 25.7 Å². The number of ether oxygens (including phenoxy) is 4. The number of rotatable bonds is 65. The second kappa shape index (κ2) is 58.7. The fourth-order valence-corrected chi connectivity index (χ4v) is 11.3. The molecule has 0 aliphatic rings. The molecule has 0 aromatic rings. The van der Waals surface area contributed by atoms with E-state index in [4.69, 9.17) is 37.0 Å². The average molecular weight is 1240 g/mol. The summed E-state index contributed by atoms with van der Waals surface area (Å²) in [6, 6.07) is 0. The van der Waals surface area contributed by atoms with E-state index in [1.807, 2.05) is 0 Å². The van der Waals surface area contributed by atoms with Crippen LogP contribution < -0.4 is 0 Å². The Morgan fingerprint density at radius 3 is 0.810 bits per heavy atom. The number of esters is 4. The number of hydrogen-bond donors (Lipinski definition) is 3. The highest BCUT2D eigenvalue weighted by Crippen LogP contribution is 2.45. The first-order chi connectivity index (χ1) is 40.5. The molecule has 0 saturated carbocycles. The van der Waals surface area contributed by atoms with Gasteiger partial charge in [-0.05, 0) is 31.6 Å². The molecule has 0 bridgehead atoms. The summed E-state index contributed by atoms with van der Waals surface area (Å²) < 4.78 is 67.7. The van der Waals surface area contributed by atoms with Crippen LogP contribution in [0.5, 0.6) is 0 Å². The summed E-state index contributed by atoms with van der Waals surface area (Å²) in [4.78, 5) is 71.9. The summed E-state index contributed by atoms with van der Waals surface area (Å²) in [5, 5.41) is 10.5. The molecule has 2 unspecified atom stereocenters. The van der Waals surface area contributed by atoms with E-state index in [0.717, 1.165) is 115 Å². The molecule has 0 amide bonds. The number of hydrogen-bond acceptors (Lipinski definition) is 15. The fraction of sp³-hybridized carbons (Fsp3) is 0.938. The topological polar surface area (TPSA) is 237 Å². The first-order valence-electron chi connectivity index (χ1n) is 34.1. The minimum Gasteiger partial charge on any atom is -0.462 e. The van der Waals surface area contributed by atoms with E-state index >= 15 is 0 Å². The van der Waals surface area contributed by atoms with Gasteiger partial charge in [0.2, 0.25) is 0 Å². The van der Waals surface area contributed by atoms with Crippen molar-refractivity contribution in [1.82, 2.24) is 0 Å². The van der Waals surface area contributed by atoms with Crippen LogP contribution in [0.4, 0.5) is 0 Å². The second-order valence-corrected chi connectivity index (χ2v) is 26.9. The Morgan fingerprint density at radius 1 is 0.321 bits per heavy atom. The molecular formula is C65H126O17P2. The van der Waals surface area contributed by atoms with Crippen molar-refractivity contribution in [3.63, 3.8) is 0 Å². The number of aliphatic hydroxyl groups is 1. The normalized spacial score (nSPS) is 14.2. The smallest absolute Gasteiger partial charge is 0.462 e. The summed E-state index contributed by atoms with van der Waals surface area (Å²) in [6.07, 6.45) is 43.7. The van der Waals surface area contributed by atoms with Gasteiger partial charge in [-0.1, -0.05) is 279 Å². The molecule has 84 heavy (non-hydrogen) atoms. The molecule has 17 nitrogen and oxygen atoms in total. The summed E-state index contributed by atoms with van der Waals surface area (Å²) in [7, 11) is -9.87. The van der Waals surface area contributed by atoms with Gasteiger partial charge in [-0.3, -0.25) is 37.3 Å². The molecule has 3 N–H and O–H groups in total. The van der Waals surface area contributed by atoms with Crippen LogP contribution >= 0.6 is 15.6 Å². The first kappa shape index (κ1) is 82.1. The largest absolute Gasteiger partial charge is 0.472 e. The monoisotopic (exact) mass is 1240 g/mol. The second-order valence-electron chi connectivity index (χ2n) is 24.0. The van der Waals surface area contributed by atoms with E-state index in [-0.39, 0.29) is 25.7 Å². The SMILES string of the molecule is CCCCCCCCCCCCCCCCCCCCCC(=O)O[C@H](COC(=O)CCCCCCCCCCCCC(C)C)COP(=O)(O)OC[C@@H](O)COP(=O)(O)OC[C@@H](COC(=O)CCCCCCC)OC(=O)CCCCCCCCC. The number of unbranched alkanes of at least 4 members (excludes halogenated alkanes) is 37. The van der Waals surface area contributed by atoms with Gasteiger partial charge in [0.15, 0.2) is 12.2 Å². The van der Waals surface area contributed by atoms with Crippen LogP contribution in [0.3, 0.4) is 0 Å². The van der Waals surface area contributed by atoms with Gasteiger partial charge >= 0.3 is 39.5 Å². The summed E-state index contributed by atoms with van der Waals surface area (Å²) in [5.74, 6) is -1.39. The molecule has 0 aromatic carbocycles. The minimum absolute atomic E-state index is 0.103. The number of aliphatic hydroxyl groups excluding tert-OH is 1. The molecule has 498 valence electrons. The highest BCUT2D eigenvalue weighted by molar-refractivity contribution is 7.47. The molecule has 0 aliphatic heterocycles. The van der Waals surface area contributed by atoms with Crippen LogP contribution in [-0.4, -0.2) is 96.7 Å². The lowest BCUT2D eigenvalue weighted by atomic mass is 10.0. The number of phosphoric acid groups is 2. The van der Waals surface area contributed by atoms with Crippen molar-refractivity contribution in [3.8, 4) is 0 Å². The highest BCUT2D eigenvalue weighted by Gasteiger charge is 2.30. The van der Waals surface area contributed by atoms with Gasteiger partial charge in [0.1, 0.15) is 19.3 Å². The van der Waals surface area contributed by atoms with Gasteiger partial charge in [-0.15, -0.1) is 0 Å². The van der Waals surface area contributed by atoms with Gasteiger partial charge in [-0.25, -0.2) is 9.13 Å². The Balaban J connectivity index is 5.11. The lowest BCUT2D eigenvalue weighted by Crippen LogP contribution is -2.30. The molecular weight excluding hydrogens is 1110 g/mol. The zero-order valence-corrected chi connectivity index (χ0v) is 55.8. The van der Waals surface area contributed by atoms with Crippen molar-refractivity contribution in [1.29, 1.82) is 0 Å². The maximum absolute atomic E-state index is 13.0. The van der Waals surface area contributed by atoms with E-state index in [2.05, 4.69) is 34.6 Å². The number of carbonyl (C=O) groups is 4. The zero-order valence-electron chi connectivity index (χ0n) is 54.0. The van der Waals surface area contributed by atoms with Gasteiger partial charge in [0.05, 0.1) is 26.4 Å². The third kappa shape index (κ3) is 59.0. The molecule has 0 radical (unpaired) electrons. The predicted octanol–water partition coefficient (Wildman–Crippen LogP) is 18.2. The lowest BCUT2D eigenvalue weighted by Gasteiger charge is -2.21. The molecule has 0 aromatic heterocycles. The standard InChI is InChI=1S/C65H126O17P2/c1-6-9-12-15-17-18-19-20-21-22-23-24-25-26-27-32-36-41-46-51-65(70)82-61(55-76-63(68)49-44-39-35-31-29-28-30-34-38-42-47-58(4)5)57-80-84(73,74)78-53-59(66)52-77-83(71,72)79-56-60(54-75-62(67)48-43-37-14-11-8-3)81-64(69)50-45-40-33-16-13-10-7-2/h58-61,66H,6-57H2,1-5H3,(H,71,72)(H,73,74)/t59-,60+,61+/m0/s1. The van der Waals surface area contributed by atoms with Crippen molar-refractivity contribution in [2.75, 3.05) is 39.6 Å². The number of carbonyl (C=O) groups excluding carboxylic acids is 4. The van der Waals surface area contributed by atoms with Gasteiger partial charge in [-0.2, -0.15) is 0 Å². The quantitative estimate of drug-likeness (QED) is 0.0222. The van der Waals surface area contributed by atoms with Crippen LogP contribution in [-0.2, 0) is 65.4 Å². The Kier molecular flexibility index (Phi) is 57.4. The minimum atomic E-state index is -4.94. The maximum atomic E-state index is 13.0. The first-order valence-corrected chi connectivity index (χ1v) is 37.1. The van der Waals surface area contributed by atoms with Crippen LogP contribution in [0.25, 0.3) is 0 Å². The van der Waals surface area contributed by atoms with Crippen molar-refractivity contribution in [2.24, 2.45) is 5.92 Å². The molecule has 0 rings (SSSR count). The summed E-state index contributed by atoms with van der Waals surface area (Å²) in [5.41, 5.74) is 0. The van der Waals surface area contributed by atoms with Crippen molar-refractivity contribution >= 4 is 39.5 Å². The predicted molar refractivity (Wildman–Crippen MR) is 335 cm³/mol.